The molecule has 1 amide bonds. The first-order valence-corrected chi connectivity index (χ1v) is 14.7. The van der Waals surface area contributed by atoms with Crippen molar-refractivity contribution in [3.8, 4) is 17.1 Å². The fourth-order valence-electron chi connectivity index (χ4n) is 4.62. The van der Waals surface area contributed by atoms with Gasteiger partial charge in [-0.05, 0) is 41.8 Å². The molecule has 1 unspecified atom stereocenters. The molecule has 6 rings (SSSR count). The van der Waals surface area contributed by atoms with Gasteiger partial charge in [-0.15, -0.1) is 10.2 Å². The van der Waals surface area contributed by atoms with Crippen molar-refractivity contribution in [2.75, 3.05) is 0 Å². The summed E-state index contributed by atoms with van der Waals surface area (Å²) in [5, 5.41) is 13.3. The average molecular weight is 592 g/mol. The van der Waals surface area contributed by atoms with Gasteiger partial charge in [0.1, 0.15) is 6.26 Å². The highest BCUT2D eigenvalue weighted by atomic mass is 35.5. The standard InChI is InChI=1S/C33H26ClN5O2S/c34-27-19-11-10-18-26(27)31-37-38-33(39(31)25-16-8-3-9-17-25)42-22-30-35-29(21-41-30)32(40)36-28(24-14-6-2-7-15-24)20-23-12-4-1-5-13-23/h1-19,21,28H,20,22H2,(H,36,40). The van der Waals surface area contributed by atoms with E-state index in [9.17, 15) is 4.79 Å². The summed E-state index contributed by atoms with van der Waals surface area (Å²) in [5.74, 6) is 1.10. The Bertz CT molecular complexity index is 1770. The molecular weight excluding hydrogens is 566 g/mol. The van der Waals surface area contributed by atoms with Crippen molar-refractivity contribution in [3.63, 3.8) is 0 Å². The molecule has 0 bridgehead atoms. The molecule has 7 nitrogen and oxygen atoms in total. The zero-order valence-corrected chi connectivity index (χ0v) is 24.0. The number of hydrogen-bond donors (Lipinski definition) is 1. The minimum Gasteiger partial charge on any atom is -0.447 e. The molecule has 0 saturated carbocycles. The van der Waals surface area contributed by atoms with Gasteiger partial charge in [0.05, 0.1) is 16.8 Å². The third-order valence-electron chi connectivity index (χ3n) is 6.66. The number of benzene rings is 4. The van der Waals surface area contributed by atoms with E-state index in [-0.39, 0.29) is 17.6 Å². The monoisotopic (exact) mass is 591 g/mol. The normalized spacial score (nSPS) is 11.7. The number of aromatic nitrogens is 4. The van der Waals surface area contributed by atoms with Crippen LogP contribution in [-0.4, -0.2) is 25.7 Å². The molecular formula is C33H26ClN5O2S. The molecule has 6 aromatic rings. The van der Waals surface area contributed by atoms with E-state index < -0.39 is 0 Å². The van der Waals surface area contributed by atoms with E-state index >= 15 is 0 Å². The van der Waals surface area contributed by atoms with Crippen LogP contribution in [0.3, 0.4) is 0 Å². The number of rotatable bonds is 10. The molecule has 9 heteroatoms. The minimum atomic E-state index is -0.298. The van der Waals surface area contributed by atoms with Gasteiger partial charge in [0, 0.05) is 11.3 Å². The molecule has 0 aliphatic carbocycles. The number of amides is 1. The summed E-state index contributed by atoms with van der Waals surface area (Å²) < 4.78 is 7.65. The van der Waals surface area contributed by atoms with Crippen molar-refractivity contribution in [1.82, 2.24) is 25.1 Å². The third kappa shape index (κ3) is 6.30. The summed E-state index contributed by atoms with van der Waals surface area (Å²) in [5.41, 5.74) is 4.05. The number of nitrogens with zero attached hydrogens (tertiary/aromatic N) is 4. The highest BCUT2D eigenvalue weighted by Gasteiger charge is 2.21. The predicted octanol–water partition coefficient (Wildman–Crippen LogP) is 7.58. The predicted molar refractivity (Wildman–Crippen MR) is 165 cm³/mol. The van der Waals surface area contributed by atoms with Crippen LogP contribution in [0.25, 0.3) is 17.1 Å². The summed E-state index contributed by atoms with van der Waals surface area (Å²) >= 11 is 7.91. The van der Waals surface area contributed by atoms with Crippen LogP contribution in [0.2, 0.25) is 5.02 Å². The molecule has 0 saturated heterocycles. The molecule has 4 aromatic carbocycles. The molecule has 0 aliphatic heterocycles. The van der Waals surface area contributed by atoms with Gasteiger partial charge in [-0.25, -0.2) is 4.98 Å². The molecule has 0 aliphatic rings. The lowest BCUT2D eigenvalue weighted by Gasteiger charge is -2.19. The molecule has 42 heavy (non-hydrogen) atoms. The second kappa shape index (κ2) is 12.9. The number of nitrogens with one attached hydrogen (secondary N) is 1. The van der Waals surface area contributed by atoms with Crippen LogP contribution < -0.4 is 5.32 Å². The maximum Gasteiger partial charge on any atom is 0.273 e. The lowest BCUT2D eigenvalue weighted by atomic mass is 9.99. The topological polar surface area (TPSA) is 85.8 Å². The second-order valence-corrected chi connectivity index (χ2v) is 10.8. The second-order valence-electron chi connectivity index (χ2n) is 9.50. The Morgan fingerprint density at radius 2 is 1.52 bits per heavy atom. The van der Waals surface area contributed by atoms with E-state index in [1.807, 2.05) is 108 Å². The van der Waals surface area contributed by atoms with Gasteiger partial charge in [0.15, 0.2) is 16.7 Å². The number of hydrogen-bond acceptors (Lipinski definition) is 6. The van der Waals surface area contributed by atoms with Gasteiger partial charge < -0.3 is 9.73 Å². The van der Waals surface area contributed by atoms with Crippen LogP contribution in [0.5, 0.6) is 0 Å². The van der Waals surface area contributed by atoms with Gasteiger partial charge in [0.2, 0.25) is 5.89 Å². The first-order valence-electron chi connectivity index (χ1n) is 13.4. The molecule has 0 fully saturated rings. The van der Waals surface area contributed by atoms with Crippen LogP contribution in [0.15, 0.2) is 131 Å². The molecule has 2 heterocycles. The van der Waals surface area contributed by atoms with E-state index in [2.05, 4.69) is 32.6 Å². The Balaban J connectivity index is 1.19. The van der Waals surface area contributed by atoms with Crippen LogP contribution in [0, 0.1) is 0 Å². The maximum absolute atomic E-state index is 13.3. The number of thioether (sulfide) groups is 1. The van der Waals surface area contributed by atoms with Gasteiger partial charge in [0.25, 0.3) is 5.91 Å². The van der Waals surface area contributed by atoms with Crippen molar-refractivity contribution in [1.29, 1.82) is 0 Å². The summed E-state index contributed by atoms with van der Waals surface area (Å²) in [6.45, 7) is 0. The van der Waals surface area contributed by atoms with Crippen LogP contribution >= 0.6 is 23.4 Å². The number of carbonyl (C=O) groups excluding carboxylic acids is 1. The van der Waals surface area contributed by atoms with E-state index in [0.717, 1.165) is 22.4 Å². The zero-order chi connectivity index (χ0) is 28.7. The average Bonchev–Trinajstić information content (AvgIpc) is 3.69. The van der Waals surface area contributed by atoms with Crippen molar-refractivity contribution in [2.24, 2.45) is 0 Å². The summed E-state index contributed by atoms with van der Waals surface area (Å²) in [6, 6.07) is 37.2. The van der Waals surface area contributed by atoms with Gasteiger partial charge in [-0.1, -0.05) is 114 Å². The highest BCUT2D eigenvalue weighted by Crippen LogP contribution is 2.33. The largest absolute Gasteiger partial charge is 0.447 e. The zero-order valence-electron chi connectivity index (χ0n) is 22.4. The molecule has 0 spiro atoms. The van der Waals surface area contributed by atoms with Crippen molar-refractivity contribution in [2.45, 2.75) is 23.4 Å². The third-order valence-corrected chi connectivity index (χ3v) is 7.90. The van der Waals surface area contributed by atoms with E-state index in [4.69, 9.17) is 16.0 Å². The number of para-hydroxylation sites is 1. The Labute approximate surface area is 252 Å². The number of oxazole rings is 1. The SMILES string of the molecule is O=C(NC(Cc1ccccc1)c1ccccc1)c1coc(CSc2nnc(-c3ccccc3Cl)n2-c2ccccc2)n1. The quantitative estimate of drug-likeness (QED) is 0.165. The Morgan fingerprint density at radius 3 is 2.26 bits per heavy atom. The maximum atomic E-state index is 13.3. The van der Waals surface area contributed by atoms with Gasteiger partial charge in [-0.3, -0.25) is 9.36 Å². The number of halogens is 1. The lowest BCUT2D eigenvalue weighted by Crippen LogP contribution is -2.30. The lowest BCUT2D eigenvalue weighted by molar-refractivity contribution is 0.0931. The fraction of sp³-hybridized carbons (Fsp3) is 0.0909. The number of carbonyl (C=O) groups is 1. The molecule has 1 atom stereocenters. The van der Waals surface area contributed by atoms with Crippen LogP contribution in [0.1, 0.15) is 33.5 Å². The molecule has 208 valence electrons. The van der Waals surface area contributed by atoms with E-state index in [1.165, 1.54) is 18.0 Å². The fourth-order valence-corrected chi connectivity index (χ4v) is 5.64. The first-order chi connectivity index (χ1) is 20.7. The summed E-state index contributed by atoms with van der Waals surface area (Å²) in [7, 11) is 0. The van der Waals surface area contributed by atoms with E-state index in [1.54, 1.807) is 0 Å². The van der Waals surface area contributed by atoms with Crippen LogP contribution in [0.4, 0.5) is 0 Å². The Kier molecular flexibility index (Phi) is 8.44. The summed E-state index contributed by atoms with van der Waals surface area (Å²) in [6.07, 6.45) is 2.05. The molecule has 1 N–H and O–H groups in total. The van der Waals surface area contributed by atoms with Gasteiger partial charge >= 0.3 is 0 Å². The smallest absolute Gasteiger partial charge is 0.273 e. The summed E-state index contributed by atoms with van der Waals surface area (Å²) in [4.78, 5) is 17.7. The van der Waals surface area contributed by atoms with Crippen molar-refractivity contribution < 1.29 is 9.21 Å². The molecule has 2 aromatic heterocycles. The van der Waals surface area contributed by atoms with Crippen molar-refractivity contribution >= 4 is 29.3 Å². The van der Waals surface area contributed by atoms with Crippen LogP contribution in [-0.2, 0) is 12.2 Å². The first kappa shape index (κ1) is 27.5. The Morgan fingerprint density at radius 1 is 0.857 bits per heavy atom. The minimum absolute atomic E-state index is 0.219. The van der Waals surface area contributed by atoms with Gasteiger partial charge in [-0.2, -0.15) is 0 Å². The van der Waals surface area contributed by atoms with Crippen molar-refractivity contribution in [3.05, 3.63) is 149 Å². The highest BCUT2D eigenvalue weighted by molar-refractivity contribution is 7.98. The Hall–Kier alpha value is -4.66. The molecule has 0 radical (unpaired) electrons. The van der Waals surface area contributed by atoms with E-state index in [0.29, 0.717) is 34.1 Å².